The van der Waals surface area contributed by atoms with Crippen LogP contribution in [-0.4, -0.2) is 79.2 Å². The monoisotopic (exact) mass is 497 g/mol. The molecule has 27 heavy (non-hydrogen) atoms. The standard InChI is InChI=1S/C18H35N5O3.HI/c1-8-13(2)20-16(19-11-15(24)22(6)7)23-10-9-14(12-23)21-17(25)26-18(3,4)5;/h13-14H,8-12H2,1-7H3,(H,19,20)(H,21,25);1H. The van der Waals surface area contributed by atoms with Crippen molar-refractivity contribution in [3.63, 3.8) is 0 Å². The molecule has 1 saturated heterocycles. The van der Waals surface area contributed by atoms with E-state index in [9.17, 15) is 9.59 Å². The number of carbonyl (C=O) groups excluding carboxylic acids is 2. The largest absolute Gasteiger partial charge is 0.444 e. The summed E-state index contributed by atoms with van der Waals surface area (Å²) in [6.45, 7) is 11.2. The van der Waals surface area contributed by atoms with E-state index in [1.807, 2.05) is 20.8 Å². The van der Waals surface area contributed by atoms with Gasteiger partial charge in [0.05, 0.1) is 6.04 Å². The van der Waals surface area contributed by atoms with Crippen molar-refractivity contribution in [3.8, 4) is 0 Å². The van der Waals surface area contributed by atoms with E-state index >= 15 is 0 Å². The Morgan fingerprint density at radius 2 is 1.96 bits per heavy atom. The van der Waals surface area contributed by atoms with Crippen LogP contribution >= 0.6 is 24.0 Å². The molecule has 2 atom stereocenters. The minimum Gasteiger partial charge on any atom is -0.444 e. The Kier molecular flexibility index (Phi) is 11.0. The molecule has 2 N–H and O–H groups in total. The van der Waals surface area contributed by atoms with Gasteiger partial charge in [-0.3, -0.25) is 4.79 Å². The lowest BCUT2D eigenvalue weighted by Gasteiger charge is -2.25. The molecule has 0 bridgehead atoms. The molecule has 1 fully saturated rings. The minimum absolute atomic E-state index is 0. The zero-order chi connectivity index (χ0) is 19.9. The minimum atomic E-state index is -0.514. The number of aliphatic imine (C=N–C) groups is 1. The van der Waals surface area contributed by atoms with Crippen LogP contribution in [-0.2, 0) is 9.53 Å². The van der Waals surface area contributed by atoms with Gasteiger partial charge in [-0.05, 0) is 40.5 Å². The number of hydrogen-bond acceptors (Lipinski definition) is 4. The van der Waals surface area contributed by atoms with Crippen molar-refractivity contribution in [3.05, 3.63) is 0 Å². The van der Waals surface area contributed by atoms with Crippen LogP contribution < -0.4 is 10.6 Å². The summed E-state index contributed by atoms with van der Waals surface area (Å²) in [5, 5.41) is 6.29. The summed E-state index contributed by atoms with van der Waals surface area (Å²) in [5.74, 6) is 0.666. The summed E-state index contributed by atoms with van der Waals surface area (Å²) < 4.78 is 5.32. The van der Waals surface area contributed by atoms with E-state index in [4.69, 9.17) is 4.74 Å². The van der Waals surface area contributed by atoms with Crippen molar-refractivity contribution in [2.24, 2.45) is 4.99 Å². The van der Waals surface area contributed by atoms with E-state index in [-0.39, 0.29) is 48.5 Å². The van der Waals surface area contributed by atoms with Gasteiger partial charge in [0, 0.05) is 33.2 Å². The van der Waals surface area contributed by atoms with E-state index in [1.165, 1.54) is 4.90 Å². The van der Waals surface area contributed by atoms with Gasteiger partial charge in [0.2, 0.25) is 5.91 Å². The molecule has 2 amide bonds. The van der Waals surface area contributed by atoms with Crippen molar-refractivity contribution in [2.45, 2.75) is 65.1 Å². The molecule has 2 unspecified atom stereocenters. The molecule has 0 radical (unpaired) electrons. The first-order chi connectivity index (χ1) is 12.0. The lowest BCUT2D eigenvalue weighted by molar-refractivity contribution is -0.127. The summed E-state index contributed by atoms with van der Waals surface area (Å²) >= 11 is 0. The van der Waals surface area contributed by atoms with E-state index in [1.54, 1.807) is 14.1 Å². The summed E-state index contributed by atoms with van der Waals surface area (Å²) in [6, 6.07) is 0.249. The van der Waals surface area contributed by atoms with E-state index < -0.39 is 11.7 Å². The molecule has 1 aliphatic heterocycles. The van der Waals surface area contributed by atoms with Gasteiger partial charge in [0.1, 0.15) is 12.1 Å². The number of halogens is 1. The second-order valence-electron chi connectivity index (χ2n) is 7.96. The van der Waals surface area contributed by atoms with Crippen molar-refractivity contribution < 1.29 is 14.3 Å². The van der Waals surface area contributed by atoms with Gasteiger partial charge < -0.3 is 25.2 Å². The molecule has 0 spiro atoms. The van der Waals surface area contributed by atoms with Gasteiger partial charge >= 0.3 is 6.09 Å². The molecular weight excluding hydrogens is 461 g/mol. The van der Waals surface area contributed by atoms with Crippen LogP contribution in [0.1, 0.15) is 47.5 Å². The topological polar surface area (TPSA) is 86.3 Å². The Morgan fingerprint density at radius 1 is 1.33 bits per heavy atom. The molecule has 9 heteroatoms. The van der Waals surface area contributed by atoms with Crippen molar-refractivity contribution in [1.29, 1.82) is 0 Å². The Labute approximate surface area is 180 Å². The van der Waals surface area contributed by atoms with Gasteiger partial charge in [0.15, 0.2) is 5.96 Å². The van der Waals surface area contributed by atoms with E-state index in [0.717, 1.165) is 19.4 Å². The van der Waals surface area contributed by atoms with Gasteiger partial charge in [-0.1, -0.05) is 6.92 Å². The number of likely N-dealkylation sites (N-methyl/N-ethyl adjacent to an activating group) is 1. The zero-order valence-electron chi connectivity index (χ0n) is 17.7. The van der Waals surface area contributed by atoms with Gasteiger partial charge in [-0.2, -0.15) is 0 Å². The number of guanidine groups is 1. The van der Waals surface area contributed by atoms with Crippen LogP contribution in [0.3, 0.4) is 0 Å². The third-order valence-corrected chi connectivity index (χ3v) is 4.06. The smallest absolute Gasteiger partial charge is 0.407 e. The third-order valence-electron chi connectivity index (χ3n) is 4.06. The molecule has 1 aliphatic rings. The van der Waals surface area contributed by atoms with Crippen LogP contribution in [0.5, 0.6) is 0 Å². The first-order valence-corrected chi connectivity index (χ1v) is 9.27. The lowest BCUT2D eigenvalue weighted by atomic mass is 10.2. The number of alkyl carbamates (subject to hydrolysis) is 1. The predicted octanol–water partition coefficient (Wildman–Crippen LogP) is 2.04. The van der Waals surface area contributed by atoms with Crippen molar-refractivity contribution >= 4 is 41.9 Å². The fourth-order valence-corrected chi connectivity index (χ4v) is 2.39. The first kappa shape index (κ1) is 25.7. The fourth-order valence-electron chi connectivity index (χ4n) is 2.39. The number of rotatable bonds is 5. The summed E-state index contributed by atoms with van der Waals surface area (Å²) in [5.41, 5.74) is -0.514. The summed E-state index contributed by atoms with van der Waals surface area (Å²) in [4.78, 5) is 31.9. The average Bonchev–Trinajstić information content (AvgIpc) is 2.96. The van der Waals surface area contributed by atoms with Gasteiger partial charge in [-0.15, -0.1) is 24.0 Å². The van der Waals surface area contributed by atoms with Crippen molar-refractivity contribution in [1.82, 2.24) is 20.4 Å². The highest BCUT2D eigenvalue weighted by molar-refractivity contribution is 14.0. The number of amides is 2. The molecule has 158 valence electrons. The molecular formula is C18H36IN5O3. The molecule has 0 saturated carbocycles. The lowest BCUT2D eigenvalue weighted by Crippen LogP contribution is -2.46. The number of nitrogens with one attached hydrogen (secondary N) is 2. The number of ether oxygens (including phenoxy) is 1. The highest BCUT2D eigenvalue weighted by Gasteiger charge is 2.28. The molecule has 0 aromatic heterocycles. The van der Waals surface area contributed by atoms with Crippen LogP contribution in [0.2, 0.25) is 0 Å². The predicted molar refractivity (Wildman–Crippen MR) is 119 cm³/mol. The maximum absolute atomic E-state index is 12.0. The molecule has 1 heterocycles. The second kappa shape index (κ2) is 11.6. The SMILES string of the molecule is CCC(C)NC(=NCC(=O)N(C)C)N1CCC(NC(=O)OC(C)(C)C)C1.I. The Bertz CT molecular complexity index is 520. The van der Waals surface area contributed by atoms with Crippen LogP contribution in [0.15, 0.2) is 4.99 Å². The van der Waals surface area contributed by atoms with Crippen molar-refractivity contribution in [2.75, 3.05) is 33.7 Å². The molecule has 0 aliphatic carbocycles. The number of likely N-dealkylation sites (tertiary alicyclic amines) is 1. The molecule has 1 rings (SSSR count). The normalized spacial score (nSPS) is 18.4. The number of carbonyl (C=O) groups is 2. The summed E-state index contributed by atoms with van der Waals surface area (Å²) in [7, 11) is 3.44. The Morgan fingerprint density at radius 3 is 2.48 bits per heavy atom. The maximum atomic E-state index is 12.0. The fraction of sp³-hybridized carbons (Fsp3) is 0.833. The quantitative estimate of drug-likeness (QED) is 0.345. The first-order valence-electron chi connectivity index (χ1n) is 9.27. The molecule has 0 aromatic rings. The summed E-state index contributed by atoms with van der Waals surface area (Å²) in [6.07, 6.45) is 1.36. The Hall–Kier alpha value is -1.26. The van der Waals surface area contributed by atoms with Crippen LogP contribution in [0, 0.1) is 0 Å². The number of hydrogen-bond donors (Lipinski definition) is 2. The molecule has 8 nitrogen and oxygen atoms in total. The Balaban J connectivity index is 0.00000676. The van der Waals surface area contributed by atoms with Crippen LogP contribution in [0.4, 0.5) is 4.79 Å². The highest BCUT2D eigenvalue weighted by Crippen LogP contribution is 2.12. The van der Waals surface area contributed by atoms with E-state index in [0.29, 0.717) is 12.5 Å². The number of nitrogens with zero attached hydrogens (tertiary/aromatic N) is 3. The maximum Gasteiger partial charge on any atom is 0.407 e. The average molecular weight is 497 g/mol. The van der Waals surface area contributed by atoms with E-state index in [2.05, 4.69) is 34.4 Å². The van der Waals surface area contributed by atoms with Gasteiger partial charge in [-0.25, -0.2) is 9.79 Å². The second-order valence-corrected chi connectivity index (χ2v) is 7.96. The zero-order valence-corrected chi connectivity index (χ0v) is 20.0. The van der Waals surface area contributed by atoms with Gasteiger partial charge in [0.25, 0.3) is 0 Å². The third kappa shape index (κ3) is 10.0. The molecule has 0 aromatic carbocycles. The highest BCUT2D eigenvalue weighted by atomic mass is 127. The van der Waals surface area contributed by atoms with Crippen LogP contribution in [0.25, 0.3) is 0 Å².